The van der Waals surface area contributed by atoms with Crippen molar-refractivity contribution in [2.24, 2.45) is 5.41 Å². The van der Waals surface area contributed by atoms with Gasteiger partial charge in [0.15, 0.2) is 0 Å². The van der Waals surface area contributed by atoms with Gasteiger partial charge in [-0.05, 0) is 13.3 Å². The third-order valence-corrected chi connectivity index (χ3v) is 2.84. The summed E-state index contributed by atoms with van der Waals surface area (Å²) < 4.78 is 0. The predicted octanol–water partition coefficient (Wildman–Crippen LogP) is -2.15. The molecule has 0 bridgehead atoms. The number of quaternary nitrogens is 1. The number of carbonyl (C=O) groups is 1. The molecule has 1 aliphatic heterocycles. The molecule has 0 aromatic rings. The molecule has 2 atom stereocenters. The number of rotatable bonds is 4. The van der Waals surface area contributed by atoms with Crippen molar-refractivity contribution in [3.05, 3.63) is 0 Å². The first-order chi connectivity index (χ1) is 6.08. The summed E-state index contributed by atoms with van der Waals surface area (Å²) in [7, 11) is 0. The Morgan fingerprint density at radius 1 is 1.77 bits per heavy atom. The molecule has 13 heavy (non-hydrogen) atoms. The number of carbonyl (C=O) groups excluding carboxylic acids is 1. The zero-order valence-corrected chi connectivity index (χ0v) is 7.95. The Labute approximate surface area is 78.0 Å². The SMILES string of the molecule is C[C@]1(C(=O)[O-])C[NH2+]C(CCCO)C1. The quantitative estimate of drug-likeness (QED) is 0.527. The number of aliphatic carboxylic acids is 1. The van der Waals surface area contributed by atoms with Crippen molar-refractivity contribution in [2.75, 3.05) is 13.2 Å². The molecular formula is C9H17NO3. The summed E-state index contributed by atoms with van der Waals surface area (Å²) in [6, 6.07) is 0.343. The van der Waals surface area contributed by atoms with Crippen LogP contribution in [-0.4, -0.2) is 30.3 Å². The van der Waals surface area contributed by atoms with Crippen LogP contribution in [0.15, 0.2) is 0 Å². The molecule has 0 spiro atoms. The topological polar surface area (TPSA) is 77.0 Å². The highest BCUT2D eigenvalue weighted by Gasteiger charge is 2.39. The first kappa shape index (κ1) is 10.5. The molecule has 1 heterocycles. The second-order valence-electron chi connectivity index (χ2n) is 4.12. The third kappa shape index (κ3) is 2.42. The molecule has 0 aromatic heterocycles. The second-order valence-corrected chi connectivity index (χ2v) is 4.12. The van der Waals surface area contributed by atoms with Gasteiger partial charge in [-0.3, -0.25) is 0 Å². The monoisotopic (exact) mass is 187 g/mol. The van der Waals surface area contributed by atoms with Crippen LogP contribution < -0.4 is 10.4 Å². The van der Waals surface area contributed by atoms with E-state index in [-0.39, 0.29) is 6.61 Å². The van der Waals surface area contributed by atoms with Crippen LogP contribution in [0.5, 0.6) is 0 Å². The Hall–Kier alpha value is -0.610. The number of hydrogen-bond acceptors (Lipinski definition) is 3. The van der Waals surface area contributed by atoms with Gasteiger partial charge in [-0.1, -0.05) is 0 Å². The minimum atomic E-state index is -0.949. The van der Waals surface area contributed by atoms with Gasteiger partial charge in [0.05, 0.1) is 24.0 Å². The van der Waals surface area contributed by atoms with Gasteiger partial charge in [-0.25, -0.2) is 0 Å². The predicted molar refractivity (Wildman–Crippen MR) is 44.6 cm³/mol. The third-order valence-electron chi connectivity index (χ3n) is 2.84. The molecule has 76 valence electrons. The fourth-order valence-electron chi connectivity index (χ4n) is 1.91. The number of nitrogens with two attached hydrogens (primary N) is 1. The summed E-state index contributed by atoms with van der Waals surface area (Å²) in [5.41, 5.74) is -0.667. The standard InChI is InChI=1S/C9H17NO3/c1-9(8(12)13)5-7(10-6-9)3-2-4-11/h7,10-11H,2-6H2,1H3,(H,12,13)/t7?,9-/m1/s1. The lowest BCUT2D eigenvalue weighted by Crippen LogP contribution is -2.87. The van der Waals surface area contributed by atoms with Crippen LogP contribution in [-0.2, 0) is 4.79 Å². The summed E-state index contributed by atoms with van der Waals surface area (Å²) in [6.07, 6.45) is 2.30. The molecule has 4 nitrogen and oxygen atoms in total. The summed E-state index contributed by atoms with van der Waals surface area (Å²) >= 11 is 0. The maximum atomic E-state index is 10.8. The van der Waals surface area contributed by atoms with Gasteiger partial charge in [0, 0.05) is 19.4 Å². The van der Waals surface area contributed by atoms with E-state index in [1.54, 1.807) is 6.92 Å². The van der Waals surface area contributed by atoms with Crippen LogP contribution in [0.25, 0.3) is 0 Å². The van der Waals surface area contributed by atoms with E-state index in [0.717, 1.165) is 12.8 Å². The summed E-state index contributed by atoms with van der Waals surface area (Å²) in [5.74, 6) is -0.949. The molecule has 4 heteroatoms. The highest BCUT2D eigenvalue weighted by atomic mass is 16.4. The second kappa shape index (κ2) is 4.07. The maximum Gasteiger partial charge on any atom is 0.0871 e. The molecule has 1 rings (SSSR count). The highest BCUT2D eigenvalue weighted by molar-refractivity contribution is 5.72. The van der Waals surface area contributed by atoms with E-state index in [2.05, 4.69) is 0 Å². The van der Waals surface area contributed by atoms with Crippen LogP contribution in [0, 0.1) is 5.41 Å². The van der Waals surface area contributed by atoms with Crippen molar-refractivity contribution in [3.8, 4) is 0 Å². The van der Waals surface area contributed by atoms with Crippen molar-refractivity contribution < 1.29 is 20.3 Å². The number of aliphatic hydroxyl groups excluding tert-OH is 1. The fourth-order valence-corrected chi connectivity index (χ4v) is 1.91. The van der Waals surface area contributed by atoms with Gasteiger partial charge in [-0.2, -0.15) is 0 Å². The van der Waals surface area contributed by atoms with E-state index >= 15 is 0 Å². The summed E-state index contributed by atoms with van der Waals surface area (Å²) in [5, 5.41) is 21.4. The molecule has 0 amide bonds. The molecule has 1 aliphatic rings. The van der Waals surface area contributed by atoms with E-state index in [1.807, 2.05) is 5.32 Å². The highest BCUT2D eigenvalue weighted by Crippen LogP contribution is 2.24. The zero-order valence-electron chi connectivity index (χ0n) is 7.95. The molecule has 1 saturated heterocycles. The fraction of sp³-hybridized carbons (Fsp3) is 0.889. The molecule has 0 aromatic carbocycles. The molecule has 0 saturated carbocycles. The summed E-state index contributed by atoms with van der Waals surface area (Å²) in [4.78, 5) is 10.8. The molecular weight excluding hydrogens is 170 g/mol. The number of aliphatic hydroxyl groups is 1. The number of hydrogen-bond donors (Lipinski definition) is 2. The Morgan fingerprint density at radius 3 is 2.92 bits per heavy atom. The number of carboxylic acids is 1. The van der Waals surface area contributed by atoms with Crippen LogP contribution in [0.1, 0.15) is 26.2 Å². The van der Waals surface area contributed by atoms with Gasteiger partial charge < -0.3 is 20.3 Å². The number of carboxylic acid groups (broad SMARTS) is 1. The van der Waals surface area contributed by atoms with E-state index < -0.39 is 11.4 Å². The van der Waals surface area contributed by atoms with Crippen molar-refractivity contribution in [2.45, 2.75) is 32.2 Å². The summed E-state index contributed by atoms with van der Waals surface area (Å²) in [6.45, 7) is 2.52. The average molecular weight is 187 g/mol. The zero-order chi connectivity index (χ0) is 9.90. The first-order valence-corrected chi connectivity index (χ1v) is 4.74. The molecule has 3 N–H and O–H groups in total. The minimum Gasteiger partial charge on any atom is -0.549 e. The van der Waals surface area contributed by atoms with E-state index in [1.165, 1.54) is 0 Å². The lowest BCUT2D eigenvalue weighted by molar-refractivity contribution is -0.674. The van der Waals surface area contributed by atoms with Gasteiger partial charge in [0.25, 0.3) is 0 Å². The van der Waals surface area contributed by atoms with Gasteiger partial charge in [0.2, 0.25) is 0 Å². The Morgan fingerprint density at radius 2 is 2.46 bits per heavy atom. The molecule has 0 aliphatic carbocycles. The average Bonchev–Trinajstić information content (AvgIpc) is 2.45. The van der Waals surface area contributed by atoms with Gasteiger partial charge >= 0.3 is 0 Å². The van der Waals surface area contributed by atoms with Crippen LogP contribution in [0.2, 0.25) is 0 Å². The first-order valence-electron chi connectivity index (χ1n) is 4.74. The van der Waals surface area contributed by atoms with E-state index in [0.29, 0.717) is 19.0 Å². The van der Waals surface area contributed by atoms with Gasteiger partial charge in [-0.15, -0.1) is 0 Å². The van der Waals surface area contributed by atoms with Crippen molar-refractivity contribution >= 4 is 5.97 Å². The van der Waals surface area contributed by atoms with E-state index in [9.17, 15) is 9.90 Å². The Balaban J connectivity index is 2.39. The van der Waals surface area contributed by atoms with Crippen molar-refractivity contribution in [1.29, 1.82) is 0 Å². The van der Waals surface area contributed by atoms with Crippen LogP contribution >= 0.6 is 0 Å². The molecule has 1 fully saturated rings. The van der Waals surface area contributed by atoms with E-state index in [4.69, 9.17) is 5.11 Å². The van der Waals surface area contributed by atoms with Crippen molar-refractivity contribution in [3.63, 3.8) is 0 Å². The largest absolute Gasteiger partial charge is 0.549 e. The lowest BCUT2D eigenvalue weighted by Gasteiger charge is -2.20. The van der Waals surface area contributed by atoms with Gasteiger partial charge in [0.1, 0.15) is 0 Å². The molecule has 0 radical (unpaired) electrons. The maximum absolute atomic E-state index is 10.8. The Kier molecular flexibility index (Phi) is 3.27. The minimum absolute atomic E-state index is 0.187. The normalized spacial score (nSPS) is 33.5. The van der Waals surface area contributed by atoms with Crippen LogP contribution in [0.4, 0.5) is 0 Å². The smallest absolute Gasteiger partial charge is 0.0871 e. The Bertz CT molecular complexity index is 195. The van der Waals surface area contributed by atoms with Crippen LogP contribution in [0.3, 0.4) is 0 Å². The molecule has 1 unspecified atom stereocenters. The lowest BCUT2D eigenvalue weighted by atomic mass is 9.87. The van der Waals surface area contributed by atoms with Crippen molar-refractivity contribution in [1.82, 2.24) is 0 Å².